The number of morpholine rings is 1. The first-order valence-electron chi connectivity index (χ1n) is 7.02. The number of benzene rings is 1. The highest BCUT2D eigenvalue weighted by Crippen LogP contribution is 2.34. The average molecular weight is 334 g/mol. The number of nitrogens with one attached hydrogen (secondary N) is 1. The molecule has 2 aliphatic rings. The van der Waals surface area contributed by atoms with Gasteiger partial charge in [0.05, 0.1) is 18.9 Å². The van der Waals surface area contributed by atoms with Gasteiger partial charge in [0, 0.05) is 25.2 Å². The van der Waals surface area contributed by atoms with E-state index in [0.717, 1.165) is 0 Å². The van der Waals surface area contributed by atoms with Gasteiger partial charge in [0.15, 0.2) is 6.23 Å². The van der Waals surface area contributed by atoms with E-state index in [4.69, 9.17) is 4.74 Å². The molecular formula is C14H14F4N2O3. The van der Waals surface area contributed by atoms with Gasteiger partial charge < -0.3 is 14.4 Å². The van der Waals surface area contributed by atoms with E-state index in [0.29, 0.717) is 37.4 Å². The number of carbonyl (C=O) groups is 1. The number of halogens is 4. The van der Waals surface area contributed by atoms with Gasteiger partial charge in [-0.15, -0.1) is 0 Å². The molecule has 0 aromatic heterocycles. The molecule has 0 aliphatic carbocycles. The Labute approximate surface area is 129 Å². The van der Waals surface area contributed by atoms with Crippen LogP contribution in [0.4, 0.5) is 23.2 Å². The predicted octanol–water partition coefficient (Wildman–Crippen LogP) is 1.87. The third-order valence-electron chi connectivity index (χ3n) is 3.78. The molecule has 0 amide bonds. The Bertz CT molecular complexity index is 615. The third-order valence-corrected chi connectivity index (χ3v) is 3.78. The zero-order valence-corrected chi connectivity index (χ0v) is 12.0. The van der Waals surface area contributed by atoms with Crippen molar-refractivity contribution in [1.29, 1.82) is 0 Å². The molecule has 2 aliphatic heterocycles. The summed E-state index contributed by atoms with van der Waals surface area (Å²) in [4.78, 5) is 12.7. The number of esters is 1. The first-order chi connectivity index (χ1) is 10.9. The Morgan fingerprint density at radius 2 is 2.00 bits per heavy atom. The van der Waals surface area contributed by atoms with E-state index in [2.05, 4.69) is 10.1 Å². The number of fused-ring (bicyclic) bond motifs is 1. The van der Waals surface area contributed by atoms with Crippen molar-refractivity contribution in [2.75, 3.05) is 31.2 Å². The topological polar surface area (TPSA) is 50.8 Å². The minimum Gasteiger partial charge on any atom is -0.436 e. The fraction of sp³-hybridized carbons (Fsp3) is 0.500. The van der Waals surface area contributed by atoms with Gasteiger partial charge in [0.2, 0.25) is 0 Å². The molecule has 1 saturated heterocycles. The van der Waals surface area contributed by atoms with Crippen molar-refractivity contribution >= 4 is 11.7 Å². The van der Waals surface area contributed by atoms with Gasteiger partial charge in [-0.2, -0.15) is 13.2 Å². The van der Waals surface area contributed by atoms with E-state index in [1.807, 2.05) is 0 Å². The van der Waals surface area contributed by atoms with E-state index >= 15 is 0 Å². The Balaban J connectivity index is 1.85. The van der Waals surface area contributed by atoms with E-state index in [1.54, 1.807) is 4.90 Å². The van der Waals surface area contributed by atoms with Crippen LogP contribution in [0.15, 0.2) is 12.1 Å². The fourth-order valence-corrected chi connectivity index (χ4v) is 2.65. The second kappa shape index (κ2) is 5.97. The Hall–Kier alpha value is -1.87. The molecule has 23 heavy (non-hydrogen) atoms. The van der Waals surface area contributed by atoms with E-state index < -0.39 is 24.2 Å². The first-order valence-corrected chi connectivity index (χ1v) is 7.02. The van der Waals surface area contributed by atoms with Crippen molar-refractivity contribution in [3.05, 3.63) is 29.1 Å². The van der Waals surface area contributed by atoms with Crippen LogP contribution in [0.1, 0.15) is 17.4 Å². The molecule has 1 aromatic carbocycles. The molecule has 0 bridgehead atoms. The van der Waals surface area contributed by atoms with Crippen molar-refractivity contribution in [1.82, 2.24) is 5.32 Å². The molecule has 126 valence electrons. The van der Waals surface area contributed by atoms with Crippen LogP contribution in [0, 0.1) is 5.82 Å². The second-order valence-electron chi connectivity index (χ2n) is 5.27. The molecule has 0 spiro atoms. The van der Waals surface area contributed by atoms with Crippen molar-refractivity contribution in [3.8, 4) is 0 Å². The van der Waals surface area contributed by atoms with Crippen LogP contribution in [0.5, 0.6) is 0 Å². The average Bonchev–Trinajstić information content (AvgIpc) is 2.88. The second-order valence-corrected chi connectivity index (χ2v) is 5.27. The number of hydrogen-bond donors (Lipinski definition) is 1. The predicted molar refractivity (Wildman–Crippen MR) is 71.2 cm³/mol. The molecule has 1 N–H and O–H groups in total. The molecule has 0 radical (unpaired) electrons. The molecule has 2 heterocycles. The largest absolute Gasteiger partial charge is 0.490 e. The fourth-order valence-electron chi connectivity index (χ4n) is 2.65. The van der Waals surface area contributed by atoms with E-state index in [9.17, 15) is 22.4 Å². The molecule has 1 aromatic rings. The van der Waals surface area contributed by atoms with Crippen molar-refractivity contribution in [3.63, 3.8) is 0 Å². The van der Waals surface area contributed by atoms with Crippen LogP contribution in [-0.4, -0.2) is 38.4 Å². The Kier molecular flexibility index (Phi) is 4.15. The quantitative estimate of drug-likeness (QED) is 0.661. The van der Waals surface area contributed by atoms with Gasteiger partial charge in [-0.25, -0.2) is 9.18 Å². The summed E-state index contributed by atoms with van der Waals surface area (Å²) in [6, 6.07) is 2.69. The van der Waals surface area contributed by atoms with Crippen LogP contribution in [0.2, 0.25) is 0 Å². The maximum atomic E-state index is 14.2. The first kappa shape index (κ1) is 16.0. The minimum atomic E-state index is -5.07. The summed E-state index contributed by atoms with van der Waals surface area (Å²) < 4.78 is 60.8. The summed E-state index contributed by atoms with van der Waals surface area (Å²) in [6.07, 6.45) is -6.31. The minimum absolute atomic E-state index is 0.130. The molecule has 1 unspecified atom stereocenters. The summed E-state index contributed by atoms with van der Waals surface area (Å²) in [7, 11) is 0. The molecule has 3 rings (SSSR count). The smallest absolute Gasteiger partial charge is 0.436 e. The van der Waals surface area contributed by atoms with Crippen LogP contribution >= 0.6 is 0 Å². The lowest BCUT2D eigenvalue weighted by Crippen LogP contribution is -2.37. The van der Waals surface area contributed by atoms with E-state index in [1.165, 1.54) is 12.1 Å². The summed E-state index contributed by atoms with van der Waals surface area (Å²) in [5.74, 6) is -2.74. The molecule has 5 nitrogen and oxygen atoms in total. The number of hydrogen-bond acceptors (Lipinski definition) is 5. The van der Waals surface area contributed by atoms with Crippen molar-refractivity contribution in [2.45, 2.75) is 18.9 Å². The maximum Gasteiger partial charge on any atom is 0.490 e. The number of ether oxygens (including phenoxy) is 2. The normalized spacial score (nSPS) is 21.2. The molecule has 1 atom stereocenters. The highest BCUT2D eigenvalue weighted by molar-refractivity contribution is 5.76. The molecule has 9 heteroatoms. The maximum absolute atomic E-state index is 14.2. The third kappa shape index (κ3) is 3.25. The van der Waals surface area contributed by atoms with Crippen LogP contribution < -0.4 is 10.2 Å². The van der Waals surface area contributed by atoms with Gasteiger partial charge in [0.25, 0.3) is 0 Å². The number of rotatable bonds is 2. The lowest BCUT2D eigenvalue weighted by atomic mass is 10.1. The van der Waals surface area contributed by atoms with Gasteiger partial charge in [-0.3, -0.25) is 5.32 Å². The zero-order chi connectivity index (χ0) is 16.6. The number of carbonyl (C=O) groups excluding carboxylic acids is 1. The monoisotopic (exact) mass is 334 g/mol. The number of alkyl halides is 3. The van der Waals surface area contributed by atoms with Gasteiger partial charge in [-0.1, -0.05) is 0 Å². The lowest BCUT2D eigenvalue weighted by Gasteiger charge is -2.29. The van der Waals surface area contributed by atoms with Gasteiger partial charge in [0.1, 0.15) is 5.82 Å². The highest BCUT2D eigenvalue weighted by atomic mass is 19.4. The van der Waals surface area contributed by atoms with Gasteiger partial charge in [-0.05, 0) is 17.7 Å². The SMILES string of the molecule is O=C(OC1NCc2cc(F)c(N3CCOCC3)cc21)C(F)(F)F. The Morgan fingerprint density at radius 3 is 2.65 bits per heavy atom. The van der Waals surface area contributed by atoms with Crippen LogP contribution in [0.25, 0.3) is 0 Å². The van der Waals surface area contributed by atoms with E-state index in [-0.39, 0.29) is 12.2 Å². The molecule has 1 fully saturated rings. The zero-order valence-electron chi connectivity index (χ0n) is 12.0. The van der Waals surface area contributed by atoms with Gasteiger partial charge >= 0.3 is 12.1 Å². The van der Waals surface area contributed by atoms with Crippen LogP contribution in [0.3, 0.4) is 0 Å². The van der Waals surface area contributed by atoms with Crippen LogP contribution in [-0.2, 0) is 20.8 Å². The Morgan fingerprint density at radius 1 is 1.30 bits per heavy atom. The standard InChI is InChI=1S/C14H14F4N2O3/c15-10-5-8-7-19-12(23-13(21)14(16,17)18)9(8)6-11(10)20-1-3-22-4-2-20/h5-6,12,19H,1-4,7H2. The van der Waals surface area contributed by atoms with Crippen molar-refractivity contribution < 1.29 is 31.8 Å². The molecular weight excluding hydrogens is 320 g/mol. The lowest BCUT2D eigenvalue weighted by molar-refractivity contribution is -0.206. The number of nitrogens with zero attached hydrogens (tertiary/aromatic N) is 1. The summed E-state index contributed by atoms with van der Waals surface area (Å²) in [5.41, 5.74) is 1.08. The summed E-state index contributed by atoms with van der Waals surface area (Å²) in [5, 5.41) is 2.63. The molecule has 0 saturated carbocycles. The summed E-state index contributed by atoms with van der Waals surface area (Å²) >= 11 is 0. The summed E-state index contributed by atoms with van der Waals surface area (Å²) in [6.45, 7) is 1.99. The highest BCUT2D eigenvalue weighted by Gasteiger charge is 2.43. The van der Waals surface area contributed by atoms with Crippen molar-refractivity contribution in [2.24, 2.45) is 0 Å². The number of anilines is 1.